The van der Waals surface area contributed by atoms with Gasteiger partial charge in [-0.25, -0.2) is 4.39 Å². The number of aliphatic hydroxyl groups excluding tert-OH is 1. The molecule has 1 aliphatic rings. The monoisotopic (exact) mass is 290 g/mol. The largest absolute Gasteiger partial charge is 0.395 e. The van der Waals surface area contributed by atoms with Crippen LogP contribution in [-0.4, -0.2) is 48.1 Å². The molecule has 1 heterocycles. The first-order chi connectivity index (χ1) is 10.1. The van der Waals surface area contributed by atoms with Crippen LogP contribution in [0.4, 0.5) is 4.39 Å². The number of nitrogens with one attached hydrogen (secondary N) is 1. The maximum atomic E-state index is 13.8. The minimum Gasteiger partial charge on any atom is -0.395 e. The molecule has 1 aromatic carbocycles. The highest BCUT2D eigenvalue weighted by atomic mass is 19.1. The van der Waals surface area contributed by atoms with Crippen molar-refractivity contribution in [2.45, 2.75) is 6.42 Å². The Kier molecular flexibility index (Phi) is 4.90. The van der Waals surface area contributed by atoms with Crippen molar-refractivity contribution in [1.29, 1.82) is 0 Å². The van der Waals surface area contributed by atoms with Crippen LogP contribution < -0.4 is 5.32 Å². The molecular formula is C15H15FN2O3. The van der Waals surface area contributed by atoms with E-state index in [9.17, 15) is 14.0 Å². The number of carbonyl (C=O) groups excluding carboxylic acids is 2. The SMILES string of the molecule is O=C1CN(C(=O)c2cc(C#CCCO)ccc2F)CCN1. The highest BCUT2D eigenvalue weighted by Gasteiger charge is 2.24. The zero-order valence-corrected chi connectivity index (χ0v) is 11.4. The van der Waals surface area contributed by atoms with Gasteiger partial charge in [0.2, 0.25) is 5.91 Å². The van der Waals surface area contributed by atoms with E-state index in [1.807, 2.05) is 0 Å². The van der Waals surface area contributed by atoms with Gasteiger partial charge in [0.25, 0.3) is 5.91 Å². The smallest absolute Gasteiger partial charge is 0.257 e. The summed E-state index contributed by atoms with van der Waals surface area (Å²) < 4.78 is 13.8. The summed E-state index contributed by atoms with van der Waals surface area (Å²) in [6, 6.07) is 4.02. The minimum absolute atomic E-state index is 0.0527. The molecule has 1 saturated heterocycles. The Morgan fingerprint density at radius 2 is 2.29 bits per heavy atom. The van der Waals surface area contributed by atoms with Crippen LogP contribution in [0.3, 0.4) is 0 Å². The Labute approximate surface area is 121 Å². The number of halogens is 1. The Balaban J connectivity index is 2.22. The first-order valence-electron chi connectivity index (χ1n) is 6.57. The van der Waals surface area contributed by atoms with Crippen LogP contribution in [0, 0.1) is 17.7 Å². The zero-order chi connectivity index (χ0) is 15.2. The highest BCUT2D eigenvalue weighted by molar-refractivity contribution is 5.97. The summed E-state index contributed by atoms with van der Waals surface area (Å²) in [6.07, 6.45) is 0.312. The summed E-state index contributed by atoms with van der Waals surface area (Å²) in [6.45, 7) is 0.591. The van der Waals surface area contributed by atoms with E-state index >= 15 is 0 Å². The van der Waals surface area contributed by atoms with E-state index in [0.29, 0.717) is 25.1 Å². The molecule has 6 heteroatoms. The standard InChI is InChI=1S/C15H15FN2O3/c16-13-5-4-11(3-1-2-8-19)9-12(13)15(21)18-7-6-17-14(20)10-18/h4-5,9,19H,2,6-8,10H2,(H,17,20). The molecule has 0 unspecified atom stereocenters. The molecule has 0 spiro atoms. The lowest BCUT2D eigenvalue weighted by Gasteiger charge is -2.26. The summed E-state index contributed by atoms with van der Waals surface area (Å²) >= 11 is 0. The van der Waals surface area contributed by atoms with Gasteiger partial charge in [0.1, 0.15) is 5.82 Å². The van der Waals surface area contributed by atoms with E-state index in [1.54, 1.807) is 0 Å². The summed E-state index contributed by atoms with van der Waals surface area (Å²) in [5, 5.41) is 11.3. The highest BCUT2D eigenvalue weighted by Crippen LogP contribution is 2.13. The molecule has 1 aliphatic heterocycles. The molecule has 5 nitrogen and oxygen atoms in total. The lowest BCUT2D eigenvalue weighted by Crippen LogP contribution is -2.50. The summed E-state index contributed by atoms with van der Waals surface area (Å²) in [5.41, 5.74) is 0.398. The molecular weight excluding hydrogens is 275 g/mol. The maximum absolute atomic E-state index is 13.8. The average molecular weight is 290 g/mol. The number of hydrogen-bond donors (Lipinski definition) is 2. The van der Waals surface area contributed by atoms with Gasteiger partial charge in [-0.05, 0) is 18.2 Å². The molecule has 0 atom stereocenters. The van der Waals surface area contributed by atoms with Gasteiger partial charge >= 0.3 is 0 Å². The molecule has 1 aromatic rings. The van der Waals surface area contributed by atoms with Crippen LogP contribution in [0.15, 0.2) is 18.2 Å². The summed E-state index contributed by atoms with van der Waals surface area (Å²) in [5.74, 6) is 4.05. The van der Waals surface area contributed by atoms with Crippen molar-refractivity contribution in [1.82, 2.24) is 10.2 Å². The fraction of sp³-hybridized carbons (Fsp3) is 0.333. The van der Waals surface area contributed by atoms with E-state index in [2.05, 4.69) is 17.2 Å². The molecule has 2 N–H and O–H groups in total. The summed E-state index contributed by atoms with van der Waals surface area (Å²) in [7, 11) is 0. The van der Waals surface area contributed by atoms with Crippen LogP contribution in [0.25, 0.3) is 0 Å². The number of aliphatic hydroxyl groups is 1. The number of nitrogens with zero attached hydrogens (tertiary/aromatic N) is 1. The number of benzene rings is 1. The van der Waals surface area contributed by atoms with Gasteiger partial charge in [-0.1, -0.05) is 11.8 Å². The predicted octanol–water partition coefficient (Wildman–Crippen LogP) is 0.132. The van der Waals surface area contributed by atoms with Gasteiger partial charge in [0, 0.05) is 25.1 Å². The van der Waals surface area contributed by atoms with Gasteiger partial charge in [0.05, 0.1) is 18.7 Å². The Morgan fingerprint density at radius 1 is 1.48 bits per heavy atom. The number of hydrogen-bond acceptors (Lipinski definition) is 3. The normalized spacial score (nSPS) is 14.2. The van der Waals surface area contributed by atoms with Gasteiger partial charge in [-0.2, -0.15) is 0 Å². The fourth-order valence-electron chi connectivity index (χ4n) is 1.97. The summed E-state index contributed by atoms with van der Waals surface area (Å²) in [4.78, 5) is 24.9. The zero-order valence-electron chi connectivity index (χ0n) is 11.4. The van der Waals surface area contributed by atoms with E-state index in [4.69, 9.17) is 5.11 Å². The van der Waals surface area contributed by atoms with Crippen molar-refractivity contribution < 1.29 is 19.1 Å². The number of rotatable bonds is 2. The molecule has 2 rings (SSSR count). The predicted molar refractivity (Wildman–Crippen MR) is 73.9 cm³/mol. The minimum atomic E-state index is -0.640. The van der Waals surface area contributed by atoms with Crippen molar-refractivity contribution in [3.05, 3.63) is 35.1 Å². The lowest BCUT2D eigenvalue weighted by molar-refractivity contribution is -0.123. The molecule has 1 fully saturated rings. The van der Waals surface area contributed by atoms with Crippen LogP contribution >= 0.6 is 0 Å². The Bertz CT molecular complexity index is 619. The second-order valence-electron chi connectivity index (χ2n) is 4.55. The Hall–Kier alpha value is -2.39. The van der Waals surface area contributed by atoms with E-state index < -0.39 is 11.7 Å². The molecule has 2 amide bonds. The van der Waals surface area contributed by atoms with Crippen LogP contribution in [0.2, 0.25) is 0 Å². The average Bonchev–Trinajstić information content (AvgIpc) is 2.48. The van der Waals surface area contributed by atoms with Crippen molar-refractivity contribution in [3.63, 3.8) is 0 Å². The van der Waals surface area contributed by atoms with Crippen molar-refractivity contribution in [3.8, 4) is 11.8 Å². The van der Waals surface area contributed by atoms with Crippen LogP contribution in [-0.2, 0) is 4.79 Å². The first kappa shape index (κ1) is 15.0. The fourth-order valence-corrected chi connectivity index (χ4v) is 1.97. The molecule has 0 aromatic heterocycles. The molecule has 0 saturated carbocycles. The maximum Gasteiger partial charge on any atom is 0.257 e. The first-order valence-corrected chi connectivity index (χ1v) is 6.57. The van der Waals surface area contributed by atoms with E-state index in [0.717, 1.165) is 0 Å². The topological polar surface area (TPSA) is 69.6 Å². The third-order valence-electron chi connectivity index (χ3n) is 2.99. The molecule has 21 heavy (non-hydrogen) atoms. The second kappa shape index (κ2) is 6.86. The second-order valence-corrected chi connectivity index (χ2v) is 4.55. The van der Waals surface area contributed by atoms with E-state index in [-0.39, 0.29) is 24.6 Å². The quantitative estimate of drug-likeness (QED) is 0.761. The van der Waals surface area contributed by atoms with Crippen LogP contribution in [0.1, 0.15) is 22.3 Å². The van der Waals surface area contributed by atoms with Gasteiger partial charge in [0.15, 0.2) is 0 Å². The van der Waals surface area contributed by atoms with Crippen LogP contribution in [0.5, 0.6) is 0 Å². The molecule has 0 aliphatic carbocycles. The van der Waals surface area contributed by atoms with Gasteiger partial charge in [-0.3, -0.25) is 9.59 Å². The number of amides is 2. The number of carbonyl (C=O) groups is 2. The van der Waals surface area contributed by atoms with Crippen molar-refractivity contribution in [2.24, 2.45) is 0 Å². The van der Waals surface area contributed by atoms with Gasteiger partial charge in [-0.15, -0.1) is 0 Å². The van der Waals surface area contributed by atoms with Gasteiger partial charge < -0.3 is 15.3 Å². The lowest BCUT2D eigenvalue weighted by atomic mass is 10.1. The van der Waals surface area contributed by atoms with Crippen molar-refractivity contribution in [2.75, 3.05) is 26.2 Å². The molecule has 0 bridgehead atoms. The third-order valence-corrected chi connectivity index (χ3v) is 2.99. The van der Waals surface area contributed by atoms with E-state index in [1.165, 1.54) is 23.1 Å². The Morgan fingerprint density at radius 3 is 3.00 bits per heavy atom. The molecule has 0 radical (unpaired) electrons. The molecule has 110 valence electrons. The number of piperazine rings is 1. The van der Waals surface area contributed by atoms with Crippen molar-refractivity contribution >= 4 is 11.8 Å². The third kappa shape index (κ3) is 3.80.